The summed E-state index contributed by atoms with van der Waals surface area (Å²) in [5, 5.41) is 3.54. The minimum absolute atomic E-state index is 0.489. The first kappa shape index (κ1) is 12.2. The number of hydrogen-bond acceptors (Lipinski definition) is 2. The molecule has 1 nitrogen and oxygen atoms in total. The number of nitrogens with one attached hydrogen (secondary N) is 1. The Balaban J connectivity index is 2.25. The maximum Gasteiger partial charge on any atom is 0.0701 e. The van der Waals surface area contributed by atoms with Gasteiger partial charge in [-0.05, 0) is 48.0 Å². The molecule has 1 aromatic heterocycles. The van der Waals surface area contributed by atoms with E-state index in [1.165, 1.54) is 27.9 Å². The first-order chi connectivity index (χ1) is 6.74. The largest absolute Gasteiger partial charge is 0.309 e. The monoisotopic (exact) mass is 275 g/mol. The van der Waals surface area contributed by atoms with Gasteiger partial charge < -0.3 is 5.32 Å². The predicted octanol–water partition coefficient (Wildman–Crippen LogP) is 4.35. The molecule has 0 aromatic carbocycles. The summed E-state index contributed by atoms with van der Waals surface area (Å²) in [5.41, 5.74) is 0. The molecule has 0 aliphatic carbocycles. The normalized spacial score (nSPS) is 13.1. The van der Waals surface area contributed by atoms with Gasteiger partial charge in [0.15, 0.2) is 0 Å². The summed E-state index contributed by atoms with van der Waals surface area (Å²) >= 11 is 5.30. The molecular formula is C11H18BrNS. The zero-order valence-corrected chi connectivity index (χ0v) is 11.2. The van der Waals surface area contributed by atoms with E-state index in [1.807, 2.05) is 11.3 Å². The lowest BCUT2D eigenvalue weighted by Gasteiger charge is -2.11. The van der Waals surface area contributed by atoms with Gasteiger partial charge in [-0.2, -0.15) is 0 Å². The van der Waals surface area contributed by atoms with E-state index in [-0.39, 0.29) is 0 Å². The maximum atomic E-state index is 3.54. The Morgan fingerprint density at radius 2 is 2.21 bits per heavy atom. The van der Waals surface area contributed by atoms with Gasteiger partial charge in [0.25, 0.3) is 0 Å². The molecule has 80 valence electrons. The van der Waals surface area contributed by atoms with Gasteiger partial charge in [0.05, 0.1) is 3.79 Å². The molecule has 0 saturated heterocycles. The summed E-state index contributed by atoms with van der Waals surface area (Å²) < 4.78 is 1.22. The van der Waals surface area contributed by atoms with Crippen LogP contribution in [0.25, 0.3) is 0 Å². The summed E-state index contributed by atoms with van der Waals surface area (Å²) in [6.07, 6.45) is 3.90. The molecule has 1 atom stereocenters. The van der Waals surface area contributed by atoms with Crippen molar-refractivity contribution in [3.05, 3.63) is 20.8 Å². The van der Waals surface area contributed by atoms with Crippen molar-refractivity contribution in [3.8, 4) is 0 Å². The highest BCUT2D eigenvalue weighted by atomic mass is 79.9. The summed E-state index contributed by atoms with van der Waals surface area (Å²) in [4.78, 5) is 1.41. The van der Waals surface area contributed by atoms with E-state index in [2.05, 4.69) is 47.2 Å². The summed E-state index contributed by atoms with van der Waals surface area (Å²) in [7, 11) is 0. The van der Waals surface area contributed by atoms with Gasteiger partial charge in [0, 0.05) is 10.9 Å². The van der Waals surface area contributed by atoms with Crippen molar-refractivity contribution in [2.45, 2.75) is 39.2 Å². The molecule has 0 spiro atoms. The zero-order valence-electron chi connectivity index (χ0n) is 8.85. The van der Waals surface area contributed by atoms with Crippen molar-refractivity contribution < 1.29 is 0 Å². The van der Waals surface area contributed by atoms with Crippen molar-refractivity contribution in [1.82, 2.24) is 5.32 Å². The van der Waals surface area contributed by atoms with Gasteiger partial charge >= 0.3 is 0 Å². The Labute approximate surface area is 99.0 Å². The second kappa shape index (κ2) is 6.59. The Hall–Kier alpha value is 0.140. The van der Waals surface area contributed by atoms with Crippen LogP contribution >= 0.6 is 27.3 Å². The van der Waals surface area contributed by atoms with Crippen LogP contribution in [-0.4, -0.2) is 6.54 Å². The Morgan fingerprint density at radius 3 is 2.79 bits per heavy atom. The van der Waals surface area contributed by atoms with Crippen LogP contribution in [0.3, 0.4) is 0 Å². The first-order valence-corrected chi connectivity index (χ1v) is 6.83. The Morgan fingerprint density at radius 1 is 1.43 bits per heavy atom. The summed E-state index contributed by atoms with van der Waals surface area (Å²) in [6.45, 7) is 5.59. The fourth-order valence-electron chi connectivity index (χ4n) is 1.36. The van der Waals surface area contributed by atoms with Crippen LogP contribution in [0, 0.1) is 0 Å². The molecule has 0 bridgehead atoms. The number of thiophene rings is 1. The third-order valence-electron chi connectivity index (χ3n) is 2.25. The van der Waals surface area contributed by atoms with Crippen molar-refractivity contribution in [2.24, 2.45) is 0 Å². The van der Waals surface area contributed by atoms with Crippen LogP contribution < -0.4 is 5.32 Å². The molecule has 0 amide bonds. The fourth-order valence-corrected chi connectivity index (χ4v) is 2.81. The summed E-state index contributed by atoms with van der Waals surface area (Å²) in [5.74, 6) is 0. The highest BCUT2D eigenvalue weighted by Crippen LogP contribution is 2.26. The van der Waals surface area contributed by atoms with Crippen LogP contribution in [0.2, 0.25) is 0 Å². The molecule has 0 aliphatic heterocycles. The predicted molar refractivity (Wildman–Crippen MR) is 68.0 cm³/mol. The maximum absolute atomic E-state index is 3.54. The second-order valence-electron chi connectivity index (χ2n) is 3.52. The minimum Gasteiger partial charge on any atom is -0.309 e. The van der Waals surface area contributed by atoms with Gasteiger partial charge in [-0.3, -0.25) is 0 Å². The molecule has 0 fully saturated rings. The molecule has 1 heterocycles. The smallest absolute Gasteiger partial charge is 0.0701 e. The number of rotatable bonds is 6. The van der Waals surface area contributed by atoms with E-state index in [0.29, 0.717) is 6.04 Å². The average molecular weight is 276 g/mol. The van der Waals surface area contributed by atoms with Crippen LogP contribution in [0.15, 0.2) is 15.9 Å². The van der Waals surface area contributed by atoms with Crippen molar-refractivity contribution in [1.29, 1.82) is 0 Å². The first-order valence-electron chi connectivity index (χ1n) is 5.22. The second-order valence-corrected chi connectivity index (χ2v) is 6.02. The van der Waals surface area contributed by atoms with Gasteiger partial charge in [0.2, 0.25) is 0 Å². The molecule has 1 N–H and O–H groups in total. The lowest BCUT2D eigenvalue weighted by Crippen LogP contribution is -2.18. The quantitative estimate of drug-likeness (QED) is 0.762. The topological polar surface area (TPSA) is 12.0 Å². The molecule has 14 heavy (non-hydrogen) atoms. The third kappa shape index (κ3) is 4.11. The van der Waals surface area contributed by atoms with Crippen LogP contribution in [0.1, 0.15) is 44.0 Å². The van der Waals surface area contributed by atoms with Crippen molar-refractivity contribution >= 4 is 27.3 Å². The molecule has 0 unspecified atom stereocenters. The van der Waals surface area contributed by atoms with Gasteiger partial charge in [-0.25, -0.2) is 0 Å². The highest BCUT2D eigenvalue weighted by molar-refractivity contribution is 9.11. The van der Waals surface area contributed by atoms with E-state index in [4.69, 9.17) is 0 Å². The molecule has 0 radical (unpaired) electrons. The molecular weight excluding hydrogens is 258 g/mol. The van der Waals surface area contributed by atoms with Gasteiger partial charge in [-0.15, -0.1) is 11.3 Å². The van der Waals surface area contributed by atoms with E-state index in [9.17, 15) is 0 Å². The lowest BCUT2D eigenvalue weighted by molar-refractivity contribution is 0.549. The zero-order chi connectivity index (χ0) is 10.4. The summed E-state index contributed by atoms with van der Waals surface area (Å²) in [6, 6.07) is 4.79. The average Bonchev–Trinajstić information content (AvgIpc) is 2.59. The molecule has 1 aromatic rings. The SMILES string of the molecule is CCCCCN[C@H](C)c1ccc(Br)s1. The number of unbranched alkanes of at least 4 members (excludes halogenated alkanes) is 2. The standard InChI is InChI=1S/C11H18BrNS/c1-3-4-5-8-13-9(2)10-6-7-11(12)14-10/h6-7,9,13H,3-5,8H2,1-2H3/t9-/m1/s1. The van der Waals surface area contributed by atoms with Crippen molar-refractivity contribution in [3.63, 3.8) is 0 Å². The van der Waals surface area contributed by atoms with E-state index in [1.54, 1.807) is 0 Å². The van der Waals surface area contributed by atoms with E-state index >= 15 is 0 Å². The Bertz CT molecular complexity index is 260. The van der Waals surface area contributed by atoms with E-state index < -0.39 is 0 Å². The third-order valence-corrected chi connectivity index (χ3v) is 4.06. The fraction of sp³-hybridized carbons (Fsp3) is 0.636. The molecule has 1 rings (SSSR count). The van der Waals surface area contributed by atoms with Crippen molar-refractivity contribution in [2.75, 3.05) is 6.54 Å². The number of hydrogen-bond donors (Lipinski definition) is 1. The van der Waals surface area contributed by atoms with Gasteiger partial charge in [-0.1, -0.05) is 19.8 Å². The molecule has 3 heteroatoms. The minimum atomic E-state index is 0.489. The molecule has 0 saturated carbocycles. The number of halogens is 1. The lowest BCUT2D eigenvalue weighted by atomic mass is 10.2. The van der Waals surface area contributed by atoms with Crippen LogP contribution in [-0.2, 0) is 0 Å². The highest BCUT2D eigenvalue weighted by Gasteiger charge is 2.06. The van der Waals surface area contributed by atoms with E-state index in [0.717, 1.165) is 6.54 Å². The van der Waals surface area contributed by atoms with Crippen LogP contribution in [0.4, 0.5) is 0 Å². The van der Waals surface area contributed by atoms with Gasteiger partial charge in [0.1, 0.15) is 0 Å². The van der Waals surface area contributed by atoms with Crippen LogP contribution in [0.5, 0.6) is 0 Å². The Kier molecular flexibility index (Phi) is 5.75. The molecule has 0 aliphatic rings.